The van der Waals surface area contributed by atoms with Crippen molar-refractivity contribution in [3.8, 4) is 0 Å². The van der Waals surface area contributed by atoms with Crippen molar-refractivity contribution in [2.24, 2.45) is 5.84 Å². The van der Waals surface area contributed by atoms with Crippen molar-refractivity contribution in [1.29, 1.82) is 0 Å². The van der Waals surface area contributed by atoms with Crippen molar-refractivity contribution in [2.45, 2.75) is 103 Å². The van der Waals surface area contributed by atoms with Crippen LogP contribution in [-0.4, -0.2) is 19.3 Å². The Morgan fingerprint density at radius 1 is 0.900 bits per heavy atom. The molecule has 122 valence electrons. The standard InChI is InChI=1S/C17H38N2O/c1-4-5-6-7-8-9-10-11-12-13-14-17(19-18)15-16(2)20-3/h16-17,19H,4-15,18H2,1-3H3. The van der Waals surface area contributed by atoms with Gasteiger partial charge in [0.2, 0.25) is 0 Å². The summed E-state index contributed by atoms with van der Waals surface area (Å²) < 4.78 is 5.29. The Labute approximate surface area is 127 Å². The van der Waals surface area contributed by atoms with E-state index in [1.807, 2.05) is 0 Å². The largest absolute Gasteiger partial charge is 0.382 e. The minimum absolute atomic E-state index is 0.291. The van der Waals surface area contributed by atoms with Gasteiger partial charge in [-0.1, -0.05) is 71.1 Å². The topological polar surface area (TPSA) is 47.3 Å². The van der Waals surface area contributed by atoms with Gasteiger partial charge in [-0.25, -0.2) is 0 Å². The Kier molecular flexibility index (Phi) is 15.2. The highest BCUT2D eigenvalue weighted by molar-refractivity contribution is 4.67. The lowest BCUT2D eigenvalue weighted by molar-refractivity contribution is 0.0989. The molecule has 0 aromatic rings. The maximum atomic E-state index is 5.59. The van der Waals surface area contributed by atoms with Crippen LogP contribution in [0.1, 0.15) is 90.9 Å². The first kappa shape index (κ1) is 19.9. The monoisotopic (exact) mass is 286 g/mol. The van der Waals surface area contributed by atoms with Crippen LogP contribution >= 0.6 is 0 Å². The number of rotatable bonds is 15. The third-order valence-electron chi connectivity index (χ3n) is 4.16. The Balaban J connectivity index is 3.29. The number of hydrogen-bond acceptors (Lipinski definition) is 3. The second-order valence-electron chi connectivity index (χ2n) is 6.12. The molecule has 3 heteroatoms. The summed E-state index contributed by atoms with van der Waals surface area (Å²) in [5, 5.41) is 0. The molecule has 2 atom stereocenters. The summed E-state index contributed by atoms with van der Waals surface area (Å²) in [6.45, 7) is 4.37. The van der Waals surface area contributed by atoms with Crippen LogP contribution < -0.4 is 11.3 Å². The van der Waals surface area contributed by atoms with Crippen LogP contribution in [-0.2, 0) is 4.74 Å². The summed E-state index contributed by atoms with van der Waals surface area (Å²) in [4.78, 5) is 0. The van der Waals surface area contributed by atoms with E-state index in [4.69, 9.17) is 10.6 Å². The molecule has 0 bridgehead atoms. The lowest BCUT2D eigenvalue weighted by Gasteiger charge is -2.19. The van der Waals surface area contributed by atoms with Gasteiger partial charge in [-0.2, -0.15) is 0 Å². The molecule has 0 aromatic heterocycles. The van der Waals surface area contributed by atoms with Gasteiger partial charge in [-0.05, 0) is 19.8 Å². The molecule has 3 N–H and O–H groups in total. The zero-order valence-electron chi connectivity index (χ0n) is 14.1. The van der Waals surface area contributed by atoms with Crippen molar-refractivity contribution < 1.29 is 4.74 Å². The summed E-state index contributed by atoms with van der Waals surface area (Å²) in [5.74, 6) is 5.59. The Bertz CT molecular complexity index is 188. The summed E-state index contributed by atoms with van der Waals surface area (Å²) in [6.07, 6.45) is 16.3. The number of nitrogens with two attached hydrogens (primary N) is 1. The molecule has 0 amide bonds. The molecule has 0 saturated heterocycles. The van der Waals surface area contributed by atoms with E-state index in [0.717, 1.165) is 6.42 Å². The number of hydrogen-bond donors (Lipinski definition) is 2. The second kappa shape index (κ2) is 15.3. The molecular weight excluding hydrogens is 248 g/mol. The summed E-state index contributed by atoms with van der Waals surface area (Å²) in [5.41, 5.74) is 2.92. The fraction of sp³-hybridized carbons (Fsp3) is 1.00. The van der Waals surface area contributed by atoms with Crippen molar-refractivity contribution >= 4 is 0 Å². The average molecular weight is 287 g/mol. The van der Waals surface area contributed by atoms with E-state index < -0.39 is 0 Å². The molecular formula is C17H38N2O. The van der Waals surface area contributed by atoms with Crippen molar-refractivity contribution in [3.63, 3.8) is 0 Å². The molecule has 0 fully saturated rings. The average Bonchev–Trinajstić information content (AvgIpc) is 2.47. The Hall–Kier alpha value is -0.120. The molecule has 0 rings (SSSR count). The maximum absolute atomic E-state index is 5.59. The molecule has 0 radical (unpaired) electrons. The lowest BCUT2D eigenvalue weighted by atomic mass is 10.0. The molecule has 0 aliphatic carbocycles. The molecule has 0 aliphatic rings. The summed E-state index contributed by atoms with van der Waals surface area (Å²) >= 11 is 0. The van der Waals surface area contributed by atoms with Crippen LogP contribution in [0.5, 0.6) is 0 Å². The quantitative estimate of drug-likeness (QED) is 0.264. The van der Waals surface area contributed by atoms with Crippen LogP contribution in [0.4, 0.5) is 0 Å². The van der Waals surface area contributed by atoms with Gasteiger partial charge in [-0.3, -0.25) is 11.3 Å². The van der Waals surface area contributed by atoms with Gasteiger partial charge in [0.15, 0.2) is 0 Å². The smallest absolute Gasteiger partial charge is 0.0558 e. The lowest BCUT2D eigenvalue weighted by Crippen LogP contribution is -2.37. The second-order valence-corrected chi connectivity index (χ2v) is 6.12. The molecule has 20 heavy (non-hydrogen) atoms. The zero-order chi connectivity index (χ0) is 15.1. The SMILES string of the molecule is CCCCCCCCCCCCC(CC(C)OC)NN. The van der Waals surface area contributed by atoms with Crippen LogP contribution in [0.25, 0.3) is 0 Å². The minimum atomic E-state index is 0.291. The molecule has 0 aliphatic heterocycles. The van der Waals surface area contributed by atoms with E-state index >= 15 is 0 Å². The fourth-order valence-corrected chi connectivity index (χ4v) is 2.64. The van der Waals surface area contributed by atoms with Crippen molar-refractivity contribution in [1.82, 2.24) is 5.43 Å². The highest BCUT2D eigenvalue weighted by atomic mass is 16.5. The third-order valence-corrected chi connectivity index (χ3v) is 4.16. The first-order valence-corrected chi connectivity index (χ1v) is 8.73. The molecule has 0 spiro atoms. The molecule has 0 heterocycles. The van der Waals surface area contributed by atoms with Gasteiger partial charge in [0.05, 0.1) is 6.10 Å². The highest BCUT2D eigenvalue weighted by Gasteiger charge is 2.10. The van der Waals surface area contributed by atoms with Gasteiger partial charge in [0, 0.05) is 13.2 Å². The number of unbranched alkanes of at least 4 members (excludes halogenated alkanes) is 9. The van der Waals surface area contributed by atoms with Crippen molar-refractivity contribution in [2.75, 3.05) is 7.11 Å². The van der Waals surface area contributed by atoms with Crippen LogP contribution in [0.2, 0.25) is 0 Å². The molecule has 3 nitrogen and oxygen atoms in total. The zero-order valence-corrected chi connectivity index (χ0v) is 14.1. The summed E-state index contributed by atoms with van der Waals surface area (Å²) in [7, 11) is 1.76. The van der Waals surface area contributed by atoms with E-state index in [9.17, 15) is 0 Å². The molecule has 0 aromatic carbocycles. The van der Waals surface area contributed by atoms with Gasteiger partial charge in [0.25, 0.3) is 0 Å². The van der Waals surface area contributed by atoms with Gasteiger partial charge < -0.3 is 4.74 Å². The Morgan fingerprint density at radius 2 is 1.40 bits per heavy atom. The van der Waals surface area contributed by atoms with E-state index in [0.29, 0.717) is 12.1 Å². The van der Waals surface area contributed by atoms with Crippen LogP contribution in [0, 0.1) is 0 Å². The van der Waals surface area contributed by atoms with Crippen LogP contribution in [0.3, 0.4) is 0 Å². The number of ether oxygens (including phenoxy) is 1. The highest BCUT2D eigenvalue weighted by Crippen LogP contribution is 2.13. The predicted octanol–water partition coefficient (Wildman–Crippen LogP) is 4.55. The predicted molar refractivity (Wildman–Crippen MR) is 88.7 cm³/mol. The van der Waals surface area contributed by atoms with Crippen LogP contribution in [0.15, 0.2) is 0 Å². The normalized spacial score (nSPS) is 14.4. The maximum Gasteiger partial charge on any atom is 0.0558 e. The third kappa shape index (κ3) is 12.9. The summed E-state index contributed by atoms with van der Waals surface area (Å²) in [6, 6.07) is 0.402. The van der Waals surface area contributed by atoms with E-state index in [-0.39, 0.29) is 0 Å². The first-order chi connectivity index (χ1) is 9.74. The molecule has 0 saturated carbocycles. The van der Waals surface area contributed by atoms with Crippen molar-refractivity contribution in [3.05, 3.63) is 0 Å². The molecule has 2 unspecified atom stereocenters. The number of nitrogens with one attached hydrogen (secondary N) is 1. The minimum Gasteiger partial charge on any atom is -0.382 e. The van der Waals surface area contributed by atoms with Gasteiger partial charge >= 0.3 is 0 Å². The van der Waals surface area contributed by atoms with E-state index in [1.165, 1.54) is 70.6 Å². The Morgan fingerprint density at radius 3 is 1.85 bits per heavy atom. The number of hydrazine groups is 1. The number of methoxy groups -OCH3 is 1. The van der Waals surface area contributed by atoms with Gasteiger partial charge in [0.1, 0.15) is 0 Å². The van der Waals surface area contributed by atoms with Gasteiger partial charge in [-0.15, -0.1) is 0 Å². The van der Waals surface area contributed by atoms with E-state index in [1.54, 1.807) is 7.11 Å². The first-order valence-electron chi connectivity index (χ1n) is 8.73. The fourth-order valence-electron chi connectivity index (χ4n) is 2.64. The van der Waals surface area contributed by atoms with E-state index in [2.05, 4.69) is 19.3 Å².